The molecule has 0 saturated heterocycles. The molecule has 0 saturated carbocycles. The van der Waals surface area contributed by atoms with Crippen LogP contribution in [-0.2, 0) is 6.67 Å². The molecule has 0 unspecified atom stereocenters. The number of rotatable bonds is 4. The highest BCUT2D eigenvalue weighted by molar-refractivity contribution is 6.21. The van der Waals surface area contributed by atoms with E-state index in [4.69, 9.17) is 0 Å². The van der Waals surface area contributed by atoms with Crippen LogP contribution in [0.15, 0.2) is 59.7 Å². The van der Waals surface area contributed by atoms with Gasteiger partial charge in [0.2, 0.25) is 0 Å². The summed E-state index contributed by atoms with van der Waals surface area (Å²) in [6, 6.07) is 13.8. The van der Waals surface area contributed by atoms with Crippen molar-refractivity contribution in [1.82, 2.24) is 19.8 Å². The summed E-state index contributed by atoms with van der Waals surface area (Å²) < 4.78 is 1.40. The fourth-order valence-electron chi connectivity index (χ4n) is 2.88. The van der Waals surface area contributed by atoms with Crippen LogP contribution in [-0.4, -0.2) is 32.9 Å². The SMILES string of the molecule is O=C1c2ccccc2C(=O)N1CNCn1cnc2ccccc2c1=O. The van der Waals surface area contributed by atoms with Crippen LogP contribution >= 0.6 is 0 Å². The third-order valence-electron chi connectivity index (χ3n) is 4.16. The number of amides is 2. The fourth-order valence-corrected chi connectivity index (χ4v) is 2.88. The van der Waals surface area contributed by atoms with Gasteiger partial charge in [0, 0.05) is 0 Å². The van der Waals surface area contributed by atoms with Gasteiger partial charge >= 0.3 is 0 Å². The van der Waals surface area contributed by atoms with E-state index in [1.807, 2.05) is 6.07 Å². The van der Waals surface area contributed by atoms with Crippen molar-refractivity contribution in [3.8, 4) is 0 Å². The van der Waals surface area contributed by atoms with E-state index < -0.39 is 0 Å². The maximum Gasteiger partial charge on any atom is 0.262 e. The minimum atomic E-state index is -0.336. The quantitative estimate of drug-likeness (QED) is 0.725. The summed E-state index contributed by atoms with van der Waals surface area (Å²) in [5.74, 6) is -0.672. The summed E-state index contributed by atoms with van der Waals surface area (Å²) in [5.41, 5.74) is 1.25. The second-order valence-electron chi connectivity index (χ2n) is 5.69. The molecule has 0 aliphatic carbocycles. The van der Waals surface area contributed by atoms with E-state index >= 15 is 0 Å². The molecule has 1 aromatic heterocycles. The predicted molar refractivity (Wildman–Crippen MR) is 90.9 cm³/mol. The largest absolute Gasteiger partial charge is 0.285 e. The lowest BCUT2D eigenvalue weighted by molar-refractivity contribution is 0.0637. The van der Waals surface area contributed by atoms with Gasteiger partial charge in [0.1, 0.15) is 0 Å². The first-order valence-electron chi connectivity index (χ1n) is 7.77. The first-order chi connectivity index (χ1) is 12.2. The molecule has 2 heterocycles. The van der Waals surface area contributed by atoms with Crippen LogP contribution < -0.4 is 10.9 Å². The summed E-state index contributed by atoms with van der Waals surface area (Å²) in [4.78, 5) is 42.3. The van der Waals surface area contributed by atoms with E-state index in [0.717, 1.165) is 4.90 Å². The molecular formula is C18H14N4O3. The molecule has 0 radical (unpaired) electrons. The minimum Gasteiger partial charge on any atom is -0.285 e. The van der Waals surface area contributed by atoms with Crippen LogP contribution in [0.25, 0.3) is 10.9 Å². The molecule has 4 rings (SSSR count). The molecule has 0 fully saturated rings. The molecule has 1 aliphatic rings. The normalized spacial score (nSPS) is 13.5. The molecule has 7 heteroatoms. The van der Waals surface area contributed by atoms with E-state index in [0.29, 0.717) is 22.0 Å². The van der Waals surface area contributed by atoms with Gasteiger partial charge in [-0.05, 0) is 24.3 Å². The zero-order chi connectivity index (χ0) is 17.4. The first-order valence-corrected chi connectivity index (χ1v) is 7.77. The van der Waals surface area contributed by atoms with E-state index in [-0.39, 0.29) is 30.7 Å². The van der Waals surface area contributed by atoms with Crippen LogP contribution in [0.4, 0.5) is 0 Å². The molecule has 1 N–H and O–H groups in total. The third kappa shape index (κ3) is 2.50. The average Bonchev–Trinajstić information content (AvgIpc) is 2.89. The second-order valence-corrected chi connectivity index (χ2v) is 5.69. The van der Waals surface area contributed by atoms with Crippen molar-refractivity contribution in [3.05, 3.63) is 76.3 Å². The maximum atomic E-state index is 12.4. The Morgan fingerprint density at radius 3 is 2.20 bits per heavy atom. The van der Waals surface area contributed by atoms with Gasteiger partial charge in [-0.3, -0.25) is 29.2 Å². The topological polar surface area (TPSA) is 84.3 Å². The first kappa shape index (κ1) is 15.2. The van der Waals surface area contributed by atoms with Crippen LogP contribution in [0.1, 0.15) is 20.7 Å². The lowest BCUT2D eigenvalue weighted by Crippen LogP contribution is -2.40. The zero-order valence-corrected chi connectivity index (χ0v) is 13.2. The number of hydrogen-bond acceptors (Lipinski definition) is 5. The van der Waals surface area contributed by atoms with Crippen molar-refractivity contribution in [2.75, 3.05) is 6.67 Å². The fraction of sp³-hybridized carbons (Fsp3) is 0.111. The Morgan fingerprint density at radius 1 is 0.840 bits per heavy atom. The molecular weight excluding hydrogens is 320 g/mol. The number of nitrogens with one attached hydrogen (secondary N) is 1. The molecule has 0 spiro atoms. The Balaban J connectivity index is 1.49. The third-order valence-corrected chi connectivity index (χ3v) is 4.16. The molecule has 3 aromatic rings. The Labute approximate surface area is 142 Å². The van der Waals surface area contributed by atoms with E-state index in [1.54, 1.807) is 42.5 Å². The molecule has 0 bridgehead atoms. The van der Waals surface area contributed by atoms with E-state index in [1.165, 1.54) is 10.9 Å². The summed E-state index contributed by atoms with van der Waals surface area (Å²) >= 11 is 0. The maximum absolute atomic E-state index is 12.4. The Morgan fingerprint density at radius 2 is 1.48 bits per heavy atom. The van der Waals surface area contributed by atoms with Crippen molar-refractivity contribution in [2.24, 2.45) is 0 Å². The summed E-state index contributed by atoms with van der Waals surface area (Å²) in [6.07, 6.45) is 1.44. The van der Waals surface area contributed by atoms with Crippen molar-refractivity contribution >= 4 is 22.7 Å². The number of fused-ring (bicyclic) bond motifs is 2. The highest BCUT2D eigenvalue weighted by Crippen LogP contribution is 2.21. The summed E-state index contributed by atoms with van der Waals surface area (Å²) in [5, 5.41) is 3.47. The number of carbonyl (C=O) groups is 2. The lowest BCUT2D eigenvalue weighted by Gasteiger charge is -2.15. The number of benzene rings is 2. The van der Waals surface area contributed by atoms with E-state index in [9.17, 15) is 14.4 Å². The van der Waals surface area contributed by atoms with Gasteiger partial charge in [-0.1, -0.05) is 24.3 Å². The second kappa shape index (κ2) is 5.95. The minimum absolute atomic E-state index is 0.0195. The van der Waals surface area contributed by atoms with Crippen molar-refractivity contribution in [2.45, 2.75) is 6.67 Å². The molecule has 2 amide bonds. The smallest absolute Gasteiger partial charge is 0.262 e. The Hall–Kier alpha value is -3.32. The molecule has 7 nitrogen and oxygen atoms in total. The number of aromatic nitrogens is 2. The number of carbonyl (C=O) groups excluding carboxylic acids is 2. The predicted octanol–water partition coefficient (Wildman–Crippen LogP) is 1.20. The van der Waals surface area contributed by atoms with Crippen molar-refractivity contribution < 1.29 is 9.59 Å². The Kier molecular flexibility index (Phi) is 3.62. The number of nitrogens with zero attached hydrogens (tertiary/aromatic N) is 3. The van der Waals surface area contributed by atoms with Gasteiger partial charge in [-0.25, -0.2) is 4.98 Å². The lowest BCUT2D eigenvalue weighted by atomic mass is 10.1. The van der Waals surface area contributed by atoms with E-state index in [2.05, 4.69) is 10.3 Å². The number of imide groups is 1. The summed E-state index contributed by atoms with van der Waals surface area (Å²) in [7, 11) is 0. The highest BCUT2D eigenvalue weighted by atomic mass is 16.2. The van der Waals surface area contributed by atoms with Gasteiger partial charge < -0.3 is 0 Å². The number of para-hydroxylation sites is 1. The molecule has 124 valence electrons. The standard InChI is InChI=1S/C18H14N4O3/c23-16-14-7-3-4-8-15(14)20-11-21(16)9-19-10-22-17(24)12-5-1-2-6-13(12)18(22)25/h1-8,11,19H,9-10H2. The van der Waals surface area contributed by atoms with Gasteiger partial charge in [0.05, 0.1) is 41.7 Å². The van der Waals surface area contributed by atoms with Crippen LogP contribution in [0.3, 0.4) is 0 Å². The van der Waals surface area contributed by atoms with Gasteiger partial charge in [-0.2, -0.15) is 0 Å². The molecule has 1 aliphatic heterocycles. The van der Waals surface area contributed by atoms with Gasteiger partial charge in [0.15, 0.2) is 0 Å². The van der Waals surface area contributed by atoms with Crippen molar-refractivity contribution in [3.63, 3.8) is 0 Å². The molecule has 2 aromatic carbocycles. The highest BCUT2D eigenvalue weighted by Gasteiger charge is 2.34. The van der Waals surface area contributed by atoms with Crippen molar-refractivity contribution in [1.29, 1.82) is 0 Å². The van der Waals surface area contributed by atoms with Gasteiger partial charge in [0.25, 0.3) is 17.4 Å². The van der Waals surface area contributed by atoms with Crippen LogP contribution in [0.2, 0.25) is 0 Å². The molecule has 0 atom stereocenters. The van der Waals surface area contributed by atoms with Crippen LogP contribution in [0.5, 0.6) is 0 Å². The monoisotopic (exact) mass is 334 g/mol. The summed E-state index contributed by atoms with van der Waals surface area (Å²) in [6.45, 7) is 0.162. The Bertz CT molecular complexity index is 1020. The van der Waals surface area contributed by atoms with Gasteiger partial charge in [-0.15, -0.1) is 0 Å². The zero-order valence-electron chi connectivity index (χ0n) is 13.2. The number of hydrogen-bond donors (Lipinski definition) is 1. The average molecular weight is 334 g/mol. The van der Waals surface area contributed by atoms with Crippen LogP contribution in [0, 0.1) is 0 Å². The molecule has 25 heavy (non-hydrogen) atoms.